The van der Waals surface area contributed by atoms with Gasteiger partial charge in [-0.05, 0) is 6.92 Å². The van der Waals surface area contributed by atoms with Crippen LogP contribution >= 0.6 is 22.5 Å². The summed E-state index contributed by atoms with van der Waals surface area (Å²) < 4.78 is 38.5. The lowest BCUT2D eigenvalue weighted by Crippen LogP contribution is -2.19. The third-order valence-corrected chi connectivity index (χ3v) is 1.95. The molecule has 0 saturated carbocycles. The standard InChI is InChI=1S/C4H7F3OS2/c1-3(10-9)8-2-4(5,6)7/h3,9H,2H2,1H3. The summed E-state index contributed by atoms with van der Waals surface area (Å²) in [5, 5.41) is 0. The van der Waals surface area contributed by atoms with E-state index in [2.05, 4.69) is 16.4 Å². The Morgan fingerprint density at radius 3 is 2.40 bits per heavy atom. The summed E-state index contributed by atoms with van der Waals surface area (Å²) >= 11 is 3.67. The highest BCUT2D eigenvalue weighted by molar-refractivity contribution is 8.68. The molecule has 6 heteroatoms. The van der Waals surface area contributed by atoms with Gasteiger partial charge in [0.1, 0.15) is 12.0 Å². The molecule has 1 nitrogen and oxygen atoms in total. The van der Waals surface area contributed by atoms with Crippen LogP contribution in [0.4, 0.5) is 13.2 Å². The summed E-state index contributed by atoms with van der Waals surface area (Å²) in [6.07, 6.45) is -4.24. The first-order chi connectivity index (χ1) is 4.45. The van der Waals surface area contributed by atoms with Crippen LogP contribution in [0.1, 0.15) is 6.92 Å². The number of hydrogen-bond acceptors (Lipinski definition) is 3. The van der Waals surface area contributed by atoms with Gasteiger partial charge in [0.15, 0.2) is 0 Å². The molecule has 0 bridgehead atoms. The Hall–Kier alpha value is 0.450. The van der Waals surface area contributed by atoms with Gasteiger partial charge in [-0.15, -0.1) is 11.7 Å². The number of alkyl halides is 3. The topological polar surface area (TPSA) is 9.23 Å². The minimum absolute atomic E-state index is 0.523. The first-order valence-corrected chi connectivity index (χ1v) is 4.37. The Bertz CT molecular complexity index is 95.0. The van der Waals surface area contributed by atoms with Crippen LogP contribution in [0.15, 0.2) is 0 Å². The van der Waals surface area contributed by atoms with Crippen molar-refractivity contribution in [2.24, 2.45) is 0 Å². The van der Waals surface area contributed by atoms with Gasteiger partial charge < -0.3 is 4.74 Å². The van der Waals surface area contributed by atoms with E-state index in [0.29, 0.717) is 0 Å². The molecule has 0 aliphatic carbocycles. The smallest absolute Gasteiger partial charge is 0.358 e. The number of thiol groups is 1. The molecule has 1 atom stereocenters. The maximum Gasteiger partial charge on any atom is 0.411 e. The summed E-state index contributed by atoms with van der Waals surface area (Å²) in [5.41, 5.74) is -0.523. The van der Waals surface area contributed by atoms with Gasteiger partial charge in [-0.1, -0.05) is 10.8 Å². The Kier molecular flexibility index (Phi) is 4.55. The molecule has 0 rings (SSSR count). The van der Waals surface area contributed by atoms with Crippen molar-refractivity contribution in [2.45, 2.75) is 18.5 Å². The maximum absolute atomic E-state index is 11.4. The molecule has 0 aliphatic heterocycles. The highest BCUT2D eigenvalue weighted by Crippen LogP contribution is 2.20. The van der Waals surface area contributed by atoms with Crippen LogP contribution in [0.3, 0.4) is 0 Å². The zero-order valence-electron chi connectivity index (χ0n) is 5.18. The van der Waals surface area contributed by atoms with Crippen LogP contribution in [0.25, 0.3) is 0 Å². The quantitative estimate of drug-likeness (QED) is 0.418. The fourth-order valence-corrected chi connectivity index (χ4v) is 0.554. The predicted molar refractivity (Wildman–Crippen MR) is 38.0 cm³/mol. The van der Waals surface area contributed by atoms with E-state index in [1.165, 1.54) is 6.92 Å². The van der Waals surface area contributed by atoms with Crippen LogP contribution in [-0.2, 0) is 4.74 Å². The molecule has 10 heavy (non-hydrogen) atoms. The molecule has 1 unspecified atom stereocenters. The van der Waals surface area contributed by atoms with Crippen molar-refractivity contribution in [3.63, 3.8) is 0 Å². The number of rotatable bonds is 3. The molecule has 0 heterocycles. The monoisotopic (exact) mass is 192 g/mol. The van der Waals surface area contributed by atoms with Crippen molar-refractivity contribution in [3.8, 4) is 0 Å². The fourth-order valence-electron chi connectivity index (χ4n) is 0.242. The highest BCUT2D eigenvalue weighted by atomic mass is 33.1. The number of ether oxygens (including phenoxy) is 1. The molecule has 0 fully saturated rings. The van der Waals surface area contributed by atoms with Gasteiger partial charge in [0, 0.05) is 0 Å². The molecule has 0 aromatic heterocycles. The van der Waals surface area contributed by atoms with E-state index < -0.39 is 18.2 Å². The predicted octanol–water partition coefficient (Wildman–Crippen LogP) is 2.49. The second-order valence-corrected chi connectivity index (χ2v) is 3.11. The third kappa shape index (κ3) is 6.57. The zero-order chi connectivity index (χ0) is 8.20. The SMILES string of the molecule is CC(OCC(F)(F)F)SS. The molecule has 0 aliphatic rings. The van der Waals surface area contributed by atoms with E-state index in [9.17, 15) is 13.2 Å². The third-order valence-electron chi connectivity index (χ3n) is 0.630. The molecule has 62 valence electrons. The molecular formula is C4H7F3OS2. The molecule has 0 saturated heterocycles. The van der Waals surface area contributed by atoms with Gasteiger partial charge in [0.25, 0.3) is 0 Å². The maximum atomic E-state index is 11.4. The van der Waals surface area contributed by atoms with Crippen molar-refractivity contribution in [1.82, 2.24) is 0 Å². The van der Waals surface area contributed by atoms with Gasteiger partial charge in [0.05, 0.1) is 0 Å². The van der Waals surface area contributed by atoms with Gasteiger partial charge in [-0.3, -0.25) is 0 Å². The summed E-state index contributed by atoms with van der Waals surface area (Å²) in [6, 6.07) is 0. The van der Waals surface area contributed by atoms with Crippen LogP contribution < -0.4 is 0 Å². The van der Waals surface area contributed by atoms with Crippen LogP contribution in [0.2, 0.25) is 0 Å². The van der Waals surface area contributed by atoms with Crippen molar-refractivity contribution < 1.29 is 17.9 Å². The fraction of sp³-hybridized carbons (Fsp3) is 1.00. The van der Waals surface area contributed by atoms with Crippen molar-refractivity contribution in [3.05, 3.63) is 0 Å². The van der Waals surface area contributed by atoms with E-state index in [0.717, 1.165) is 10.8 Å². The Morgan fingerprint density at radius 2 is 2.10 bits per heavy atom. The van der Waals surface area contributed by atoms with Crippen molar-refractivity contribution >= 4 is 22.5 Å². The molecule has 0 N–H and O–H groups in total. The van der Waals surface area contributed by atoms with Gasteiger partial charge in [-0.2, -0.15) is 13.2 Å². The molecular weight excluding hydrogens is 185 g/mol. The first-order valence-electron chi connectivity index (χ1n) is 2.44. The van der Waals surface area contributed by atoms with Crippen molar-refractivity contribution in [1.29, 1.82) is 0 Å². The summed E-state index contributed by atoms with van der Waals surface area (Å²) in [4.78, 5) is 0. The molecule has 0 aromatic rings. The lowest BCUT2D eigenvalue weighted by atomic mass is 10.7. The van der Waals surface area contributed by atoms with Crippen LogP contribution in [0.5, 0.6) is 0 Å². The van der Waals surface area contributed by atoms with Gasteiger partial charge in [-0.25, -0.2) is 0 Å². The summed E-state index contributed by atoms with van der Waals surface area (Å²) in [6.45, 7) is 0.297. The lowest BCUT2D eigenvalue weighted by molar-refractivity contribution is -0.175. The second-order valence-electron chi connectivity index (χ2n) is 1.60. The zero-order valence-corrected chi connectivity index (χ0v) is 6.89. The largest absolute Gasteiger partial charge is 0.411 e. The normalized spacial score (nSPS) is 15.3. The molecule has 0 aromatic carbocycles. The summed E-state index contributed by atoms with van der Waals surface area (Å²) in [7, 11) is 0.938. The second kappa shape index (κ2) is 4.35. The molecule has 0 amide bonds. The molecule has 0 radical (unpaired) electrons. The summed E-state index contributed by atoms with van der Waals surface area (Å²) in [5.74, 6) is 0. The highest BCUT2D eigenvalue weighted by Gasteiger charge is 2.28. The van der Waals surface area contributed by atoms with E-state index in [4.69, 9.17) is 0 Å². The van der Waals surface area contributed by atoms with Gasteiger partial charge in [0.2, 0.25) is 0 Å². The molecule has 0 spiro atoms. The number of halogens is 3. The van der Waals surface area contributed by atoms with Gasteiger partial charge >= 0.3 is 6.18 Å². The number of hydrogen-bond donors (Lipinski definition) is 1. The van der Waals surface area contributed by atoms with E-state index >= 15 is 0 Å². The Morgan fingerprint density at radius 1 is 1.60 bits per heavy atom. The van der Waals surface area contributed by atoms with E-state index in [-0.39, 0.29) is 0 Å². The Balaban J connectivity index is 3.36. The average molecular weight is 192 g/mol. The van der Waals surface area contributed by atoms with E-state index in [1.54, 1.807) is 0 Å². The average Bonchev–Trinajstić information content (AvgIpc) is 1.81. The minimum Gasteiger partial charge on any atom is -0.358 e. The van der Waals surface area contributed by atoms with Crippen molar-refractivity contribution in [2.75, 3.05) is 6.61 Å². The van der Waals surface area contributed by atoms with Crippen LogP contribution in [0, 0.1) is 0 Å². The Labute approximate surface area is 66.1 Å². The van der Waals surface area contributed by atoms with Crippen LogP contribution in [-0.4, -0.2) is 18.2 Å². The lowest BCUT2D eigenvalue weighted by Gasteiger charge is -2.10. The van der Waals surface area contributed by atoms with E-state index in [1.807, 2.05) is 0 Å². The minimum atomic E-state index is -4.24. The first kappa shape index (κ1) is 10.4.